The van der Waals surface area contributed by atoms with Crippen LogP contribution in [-0.4, -0.2) is 61.1 Å². The Morgan fingerprint density at radius 1 is 1.06 bits per heavy atom. The molecule has 0 spiro atoms. The van der Waals surface area contributed by atoms with E-state index in [2.05, 4.69) is 0 Å². The number of methoxy groups -OCH3 is 3. The van der Waals surface area contributed by atoms with E-state index in [0.29, 0.717) is 17.1 Å². The van der Waals surface area contributed by atoms with E-state index < -0.39 is 28.4 Å². The molecule has 0 bridgehead atoms. The number of nitro benzene ring substituents is 1. The van der Waals surface area contributed by atoms with Gasteiger partial charge >= 0.3 is 0 Å². The Balaban J connectivity index is 2.16. The Labute approximate surface area is 183 Å². The maximum atomic E-state index is 12.9. The molecule has 1 amide bonds. The number of nitro groups is 1. The van der Waals surface area contributed by atoms with E-state index in [4.69, 9.17) is 14.2 Å². The van der Waals surface area contributed by atoms with E-state index >= 15 is 0 Å². The highest BCUT2D eigenvalue weighted by Gasteiger charge is 2.46. The first-order valence-electron chi connectivity index (χ1n) is 9.58. The van der Waals surface area contributed by atoms with E-state index in [1.807, 2.05) is 0 Å². The van der Waals surface area contributed by atoms with Crippen molar-refractivity contribution in [2.75, 3.05) is 34.5 Å². The van der Waals surface area contributed by atoms with Crippen LogP contribution in [0.5, 0.6) is 11.5 Å². The molecule has 1 aliphatic rings. The number of non-ortho nitro benzene ring substituents is 1. The Bertz CT molecular complexity index is 1080. The van der Waals surface area contributed by atoms with Gasteiger partial charge in [0, 0.05) is 31.4 Å². The van der Waals surface area contributed by atoms with Gasteiger partial charge in [-0.05, 0) is 35.9 Å². The predicted octanol–water partition coefficient (Wildman–Crippen LogP) is 2.68. The molecule has 0 saturated carbocycles. The number of benzene rings is 2. The highest BCUT2D eigenvalue weighted by molar-refractivity contribution is 6.46. The van der Waals surface area contributed by atoms with Crippen molar-refractivity contribution in [1.82, 2.24) is 4.90 Å². The average molecular weight is 442 g/mol. The zero-order valence-corrected chi connectivity index (χ0v) is 17.7. The van der Waals surface area contributed by atoms with Crippen LogP contribution in [0.3, 0.4) is 0 Å². The van der Waals surface area contributed by atoms with E-state index in [1.165, 1.54) is 62.6 Å². The zero-order chi connectivity index (χ0) is 23.4. The fourth-order valence-electron chi connectivity index (χ4n) is 3.56. The van der Waals surface area contributed by atoms with Gasteiger partial charge in [0.15, 0.2) is 11.5 Å². The number of aliphatic hydroxyl groups is 1. The standard InChI is InChI=1S/C22H22N2O8/c1-30-11-10-23-19(13-4-7-15(8-5-13)24(28)29)18(21(26)22(23)27)20(25)14-6-9-16(31-2)17(12-14)32-3/h4-9,12,19,25H,10-11H2,1-3H3/t19-/m0/s1. The second-order valence-corrected chi connectivity index (χ2v) is 6.90. The number of amides is 1. The number of ether oxygens (including phenoxy) is 3. The van der Waals surface area contributed by atoms with Crippen LogP contribution in [0.2, 0.25) is 0 Å². The molecule has 0 unspecified atom stereocenters. The van der Waals surface area contributed by atoms with Gasteiger partial charge in [0.1, 0.15) is 5.76 Å². The molecule has 0 aromatic heterocycles. The van der Waals surface area contributed by atoms with Crippen molar-refractivity contribution in [3.63, 3.8) is 0 Å². The van der Waals surface area contributed by atoms with Gasteiger partial charge in [-0.25, -0.2) is 0 Å². The fraction of sp³-hybridized carbons (Fsp3) is 0.273. The third kappa shape index (κ3) is 4.12. The van der Waals surface area contributed by atoms with Gasteiger partial charge in [-0.2, -0.15) is 0 Å². The number of likely N-dealkylation sites (tertiary alicyclic amines) is 1. The summed E-state index contributed by atoms with van der Waals surface area (Å²) in [6, 6.07) is 9.11. The molecule has 1 fully saturated rings. The van der Waals surface area contributed by atoms with Crippen LogP contribution in [0.15, 0.2) is 48.0 Å². The van der Waals surface area contributed by atoms with Crippen LogP contribution in [-0.2, 0) is 14.3 Å². The van der Waals surface area contributed by atoms with Crippen LogP contribution in [0.25, 0.3) is 5.76 Å². The number of nitrogens with zero attached hydrogens (tertiary/aromatic N) is 2. The minimum absolute atomic E-state index is 0.0887. The number of rotatable bonds is 8. The largest absolute Gasteiger partial charge is 0.507 e. The number of hydrogen-bond acceptors (Lipinski definition) is 8. The second kappa shape index (κ2) is 9.48. The van der Waals surface area contributed by atoms with Crippen molar-refractivity contribution in [3.8, 4) is 11.5 Å². The molecule has 2 aromatic carbocycles. The summed E-state index contributed by atoms with van der Waals surface area (Å²) in [5.74, 6) is -1.30. The molecule has 1 aliphatic heterocycles. The molecule has 0 radical (unpaired) electrons. The van der Waals surface area contributed by atoms with Gasteiger partial charge in [0.05, 0.1) is 37.4 Å². The van der Waals surface area contributed by atoms with Gasteiger partial charge in [-0.15, -0.1) is 0 Å². The molecule has 0 aliphatic carbocycles. The third-order valence-electron chi connectivity index (χ3n) is 5.15. The molecule has 32 heavy (non-hydrogen) atoms. The highest BCUT2D eigenvalue weighted by Crippen LogP contribution is 2.40. The smallest absolute Gasteiger partial charge is 0.295 e. The molecule has 1 atom stereocenters. The summed E-state index contributed by atoms with van der Waals surface area (Å²) in [5.41, 5.74) is 0.418. The van der Waals surface area contributed by atoms with Crippen LogP contribution in [0, 0.1) is 10.1 Å². The van der Waals surface area contributed by atoms with Crippen molar-refractivity contribution in [1.29, 1.82) is 0 Å². The third-order valence-corrected chi connectivity index (χ3v) is 5.15. The van der Waals surface area contributed by atoms with E-state index in [1.54, 1.807) is 6.07 Å². The Morgan fingerprint density at radius 2 is 1.72 bits per heavy atom. The predicted molar refractivity (Wildman–Crippen MR) is 114 cm³/mol. The van der Waals surface area contributed by atoms with Crippen molar-refractivity contribution in [3.05, 3.63) is 69.3 Å². The summed E-state index contributed by atoms with van der Waals surface area (Å²) in [6.07, 6.45) is 0. The van der Waals surface area contributed by atoms with E-state index in [9.17, 15) is 24.8 Å². The van der Waals surface area contributed by atoms with Gasteiger partial charge in [-0.3, -0.25) is 19.7 Å². The highest BCUT2D eigenvalue weighted by atomic mass is 16.6. The molecule has 10 heteroatoms. The summed E-state index contributed by atoms with van der Waals surface area (Å²) in [7, 11) is 4.36. The summed E-state index contributed by atoms with van der Waals surface area (Å²) in [6.45, 7) is 0.248. The van der Waals surface area contributed by atoms with Crippen molar-refractivity contribution in [2.45, 2.75) is 6.04 Å². The monoisotopic (exact) mass is 442 g/mol. The Morgan fingerprint density at radius 3 is 2.28 bits per heavy atom. The van der Waals surface area contributed by atoms with E-state index in [0.717, 1.165) is 0 Å². The molecule has 1 saturated heterocycles. The van der Waals surface area contributed by atoms with Gasteiger partial charge in [0.25, 0.3) is 17.4 Å². The number of carbonyl (C=O) groups is 2. The van der Waals surface area contributed by atoms with Crippen LogP contribution >= 0.6 is 0 Å². The van der Waals surface area contributed by atoms with Crippen molar-refractivity contribution < 1.29 is 33.8 Å². The Hall–Kier alpha value is -3.92. The number of Topliss-reactive ketones (excluding diaryl/α,β-unsaturated/α-hetero) is 1. The van der Waals surface area contributed by atoms with Gasteiger partial charge in [-0.1, -0.05) is 0 Å². The minimum Gasteiger partial charge on any atom is -0.507 e. The molecular weight excluding hydrogens is 420 g/mol. The SMILES string of the molecule is COCCN1C(=O)C(=O)C(=C(O)c2ccc(OC)c(OC)c2)[C@@H]1c1ccc([N+](=O)[O-])cc1. The topological polar surface area (TPSA) is 128 Å². The lowest BCUT2D eigenvalue weighted by Crippen LogP contribution is -2.32. The molecular formula is C22H22N2O8. The molecule has 1 N–H and O–H groups in total. The summed E-state index contributed by atoms with van der Waals surface area (Å²) in [5, 5.41) is 22.1. The first-order chi connectivity index (χ1) is 15.3. The van der Waals surface area contributed by atoms with Crippen LogP contribution < -0.4 is 9.47 Å². The lowest BCUT2D eigenvalue weighted by atomic mass is 9.95. The number of carbonyl (C=O) groups excluding carboxylic acids is 2. The second-order valence-electron chi connectivity index (χ2n) is 6.90. The molecule has 3 rings (SSSR count). The van der Waals surface area contributed by atoms with Crippen LogP contribution in [0.4, 0.5) is 5.69 Å². The zero-order valence-electron chi connectivity index (χ0n) is 17.7. The number of hydrogen-bond donors (Lipinski definition) is 1. The van der Waals surface area contributed by atoms with Gasteiger partial charge in [0.2, 0.25) is 0 Å². The maximum absolute atomic E-state index is 12.9. The first-order valence-corrected chi connectivity index (χ1v) is 9.58. The summed E-state index contributed by atoms with van der Waals surface area (Å²) in [4.78, 5) is 37.4. The maximum Gasteiger partial charge on any atom is 0.295 e. The van der Waals surface area contributed by atoms with E-state index in [-0.39, 0.29) is 30.0 Å². The molecule has 10 nitrogen and oxygen atoms in total. The molecule has 2 aromatic rings. The summed E-state index contributed by atoms with van der Waals surface area (Å²) >= 11 is 0. The van der Waals surface area contributed by atoms with Gasteiger partial charge < -0.3 is 24.2 Å². The number of ketones is 1. The number of aliphatic hydroxyl groups excluding tert-OH is 1. The fourth-order valence-corrected chi connectivity index (χ4v) is 3.56. The Kier molecular flexibility index (Phi) is 6.74. The minimum atomic E-state index is -0.945. The summed E-state index contributed by atoms with van der Waals surface area (Å²) < 4.78 is 15.5. The molecule has 168 valence electrons. The van der Waals surface area contributed by atoms with Crippen LogP contribution in [0.1, 0.15) is 17.2 Å². The first kappa shape index (κ1) is 22.8. The quantitative estimate of drug-likeness (QED) is 0.217. The molecule has 1 heterocycles. The lowest BCUT2D eigenvalue weighted by molar-refractivity contribution is -0.384. The normalized spacial score (nSPS) is 17.5. The lowest BCUT2D eigenvalue weighted by Gasteiger charge is -2.25. The van der Waals surface area contributed by atoms with Crippen molar-refractivity contribution >= 4 is 23.1 Å². The average Bonchev–Trinajstić information content (AvgIpc) is 3.06. The van der Waals surface area contributed by atoms with Crippen molar-refractivity contribution in [2.24, 2.45) is 0 Å².